The molecule has 0 spiro atoms. The van der Waals surface area contributed by atoms with Crippen molar-refractivity contribution in [1.29, 1.82) is 0 Å². The van der Waals surface area contributed by atoms with E-state index in [0.717, 1.165) is 23.5 Å². The standard InChI is InChI=1S/C16H20N4O2.ClH/c1-11-8-9-20(19-11)14-5-3-2-4-13(14)18-16(21)15-7-6-12(10-17)22-15;/h2-5,8-9,12,15H,6-7,10,17H2,1H3,(H,18,21);1H/t12-,15+;/m1./s1. The van der Waals surface area contributed by atoms with E-state index in [-0.39, 0.29) is 24.4 Å². The first-order valence-corrected chi connectivity index (χ1v) is 7.45. The third-order valence-corrected chi connectivity index (χ3v) is 3.79. The molecule has 2 aromatic rings. The maximum Gasteiger partial charge on any atom is 0.253 e. The monoisotopic (exact) mass is 336 g/mol. The Kier molecular flexibility index (Phi) is 5.76. The van der Waals surface area contributed by atoms with Crippen molar-refractivity contribution in [2.75, 3.05) is 11.9 Å². The zero-order valence-corrected chi connectivity index (χ0v) is 13.8. The molecule has 7 heteroatoms. The fourth-order valence-electron chi connectivity index (χ4n) is 2.61. The summed E-state index contributed by atoms with van der Waals surface area (Å²) in [7, 11) is 0. The fourth-order valence-corrected chi connectivity index (χ4v) is 2.61. The largest absolute Gasteiger partial charge is 0.364 e. The summed E-state index contributed by atoms with van der Waals surface area (Å²) in [6, 6.07) is 9.50. The second kappa shape index (κ2) is 7.59. The molecular formula is C16H21ClN4O2. The summed E-state index contributed by atoms with van der Waals surface area (Å²) in [5.41, 5.74) is 8.05. The highest BCUT2D eigenvalue weighted by molar-refractivity contribution is 5.96. The number of carbonyl (C=O) groups excluding carboxylic acids is 1. The number of hydrogen-bond acceptors (Lipinski definition) is 4. The predicted octanol–water partition coefficient (Wildman–Crippen LogP) is 2.05. The number of anilines is 1. The van der Waals surface area contributed by atoms with Crippen molar-refractivity contribution in [1.82, 2.24) is 9.78 Å². The van der Waals surface area contributed by atoms with E-state index < -0.39 is 6.10 Å². The Labute approximate surface area is 141 Å². The summed E-state index contributed by atoms with van der Waals surface area (Å²) in [5.74, 6) is -0.132. The van der Waals surface area contributed by atoms with E-state index in [1.807, 2.05) is 43.5 Å². The van der Waals surface area contributed by atoms with Crippen LogP contribution >= 0.6 is 12.4 Å². The molecule has 1 aliphatic heterocycles. The van der Waals surface area contributed by atoms with E-state index in [0.29, 0.717) is 13.0 Å². The van der Waals surface area contributed by atoms with Crippen LogP contribution in [0.5, 0.6) is 0 Å². The average Bonchev–Trinajstić information content (AvgIpc) is 3.16. The molecule has 1 saturated heterocycles. The van der Waals surface area contributed by atoms with Gasteiger partial charge >= 0.3 is 0 Å². The van der Waals surface area contributed by atoms with Gasteiger partial charge in [-0.2, -0.15) is 5.10 Å². The number of nitrogens with two attached hydrogens (primary N) is 1. The number of amides is 1. The van der Waals surface area contributed by atoms with Crippen molar-refractivity contribution in [2.45, 2.75) is 32.0 Å². The lowest BCUT2D eigenvalue weighted by Gasteiger charge is -2.15. The molecule has 0 bridgehead atoms. The molecule has 6 nitrogen and oxygen atoms in total. The van der Waals surface area contributed by atoms with Crippen LogP contribution in [-0.2, 0) is 9.53 Å². The van der Waals surface area contributed by atoms with Gasteiger partial charge in [0, 0.05) is 12.7 Å². The maximum absolute atomic E-state index is 12.4. The molecule has 1 fully saturated rings. The zero-order valence-electron chi connectivity index (χ0n) is 12.9. The Balaban J connectivity index is 0.00000192. The van der Waals surface area contributed by atoms with Crippen molar-refractivity contribution in [3.63, 3.8) is 0 Å². The minimum atomic E-state index is -0.430. The molecule has 3 N–H and O–H groups in total. The minimum absolute atomic E-state index is 0. The maximum atomic E-state index is 12.4. The van der Waals surface area contributed by atoms with Crippen LogP contribution in [0.15, 0.2) is 36.5 Å². The zero-order chi connectivity index (χ0) is 15.5. The molecule has 2 heterocycles. The number of halogens is 1. The van der Waals surface area contributed by atoms with Crippen LogP contribution in [0.2, 0.25) is 0 Å². The number of aryl methyl sites for hydroxylation is 1. The highest BCUT2D eigenvalue weighted by atomic mass is 35.5. The molecule has 1 aromatic carbocycles. The Morgan fingerprint density at radius 1 is 1.39 bits per heavy atom. The second-order valence-corrected chi connectivity index (χ2v) is 5.47. The number of nitrogens with zero attached hydrogens (tertiary/aromatic N) is 2. The Bertz CT molecular complexity index is 674. The molecule has 1 amide bonds. The molecule has 1 aromatic heterocycles. The average molecular weight is 337 g/mol. The van der Waals surface area contributed by atoms with Crippen LogP contribution in [0.1, 0.15) is 18.5 Å². The van der Waals surface area contributed by atoms with Crippen LogP contribution < -0.4 is 11.1 Å². The number of para-hydroxylation sites is 2. The molecular weight excluding hydrogens is 316 g/mol. The highest BCUT2D eigenvalue weighted by Crippen LogP contribution is 2.23. The third-order valence-electron chi connectivity index (χ3n) is 3.79. The van der Waals surface area contributed by atoms with Gasteiger partial charge in [0.2, 0.25) is 0 Å². The van der Waals surface area contributed by atoms with Crippen molar-refractivity contribution in [2.24, 2.45) is 5.73 Å². The molecule has 0 unspecified atom stereocenters. The SMILES string of the molecule is Cc1ccn(-c2ccccc2NC(=O)[C@@H]2CC[C@H](CN)O2)n1.Cl. The molecule has 2 atom stereocenters. The van der Waals surface area contributed by atoms with Crippen LogP contribution in [0.3, 0.4) is 0 Å². The first-order valence-electron chi connectivity index (χ1n) is 7.45. The molecule has 23 heavy (non-hydrogen) atoms. The van der Waals surface area contributed by atoms with Crippen LogP contribution in [0.25, 0.3) is 5.69 Å². The van der Waals surface area contributed by atoms with E-state index in [2.05, 4.69) is 10.4 Å². The van der Waals surface area contributed by atoms with Crippen LogP contribution in [0.4, 0.5) is 5.69 Å². The van der Waals surface area contributed by atoms with E-state index in [9.17, 15) is 4.79 Å². The van der Waals surface area contributed by atoms with Gasteiger partial charge in [0.1, 0.15) is 6.10 Å². The Morgan fingerprint density at radius 3 is 2.83 bits per heavy atom. The number of carbonyl (C=O) groups is 1. The number of rotatable bonds is 4. The van der Waals surface area contributed by atoms with E-state index in [4.69, 9.17) is 10.5 Å². The summed E-state index contributed by atoms with van der Waals surface area (Å²) in [6.07, 6.45) is 2.96. The van der Waals surface area contributed by atoms with Gasteiger partial charge in [0.15, 0.2) is 0 Å². The second-order valence-electron chi connectivity index (χ2n) is 5.47. The summed E-state index contributed by atoms with van der Waals surface area (Å²) in [4.78, 5) is 12.4. The van der Waals surface area contributed by atoms with Gasteiger partial charge in [-0.15, -0.1) is 12.4 Å². The summed E-state index contributed by atoms with van der Waals surface area (Å²) >= 11 is 0. The van der Waals surface area contributed by atoms with Crippen molar-refractivity contribution in [3.8, 4) is 5.69 Å². The first-order chi connectivity index (χ1) is 10.7. The molecule has 0 radical (unpaired) electrons. The molecule has 0 saturated carbocycles. The van der Waals surface area contributed by atoms with Gasteiger partial charge in [0.05, 0.1) is 23.2 Å². The molecule has 1 aliphatic rings. The van der Waals surface area contributed by atoms with Crippen molar-refractivity contribution >= 4 is 24.0 Å². The Hall–Kier alpha value is -1.89. The van der Waals surface area contributed by atoms with E-state index >= 15 is 0 Å². The predicted molar refractivity (Wildman–Crippen MR) is 91.1 cm³/mol. The van der Waals surface area contributed by atoms with Crippen LogP contribution in [-0.4, -0.2) is 34.4 Å². The van der Waals surface area contributed by atoms with Gasteiger partial charge in [-0.25, -0.2) is 4.68 Å². The highest BCUT2D eigenvalue weighted by Gasteiger charge is 2.30. The van der Waals surface area contributed by atoms with Crippen LogP contribution in [0, 0.1) is 6.92 Å². The number of nitrogens with one attached hydrogen (secondary N) is 1. The fraction of sp³-hybridized carbons (Fsp3) is 0.375. The lowest BCUT2D eigenvalue weighted by atomic mass is 10.2. The van der Waals surface area contributed by atoms with Gasteiger partial charge in [-0.05, 0) is 38.0 Å². The quantitative estimate of drug-likeness (QED) is 0.895. The molecule has 0 aliphatic carbocycles. The van der Waals surface area contributed by atoms with Crippen molar-refractivity contribution < 1.29 is 9.53 Å². The van der Waals surface area contributed by atoms with Gasteiger partial charge in [-0.1, -0.05) is 12.1 Å². The number of ether oxygens (including phenoxy) is 1. The summed E-state index contributed by atoms with van der Waals surface area (Å²) in [6.45, 7) is 2.38. The number of aromatic nitrogens is 2. The normalized spacial score (nSPS) is 20.1. The lowest BCUT2D eigenvalue weighted by molar-refractivity contribution is -0.126. The van der Waals surface area contributed by atoms with Crippen molar-refractivity contribution in [3.05, 3.63) is 42.2 Å². The van der Waals surface area contributed by atoms with E-state index in [1.165, 1.54) is 0 Å². The third kappa shape index (κ3) is 3.90. The topological polar surface area (TPSA) is 82.2 Å². The summed E-state index contributed by atoms with van der Waals surface area (Å²) < 4.78 is 7.39. The molecule has 3 rings (SSSR count). The smallest absolute Gasteiger partial charge is 0.253 e. The number of benzene rings is 1. The number of hydrogen-bond donors (Lipinski definition) is 2. The first kappa shape index (κ1) is 17.5. The Morgan fingerprint density at radius 2 is 2.17 bits per heavy atom. The molecule has 124 valence electrons. The summed E-state index contributed by atoms with van der Waals surface area (Å²) in [5, 5.41) is 7.33. The van der Waals surface area contributed by atoms with Gasteiger partial charge in [0.25, 0.3) is 5.91 Å². The van der Waals surface area contributed by atoms with E-state index in [1.54, 1.807) is 4.68 Å². The van der Waals surface area contributed by atoms with Gasteiger partial charge < -0.3 is 15.8 Å². The van der Waals surface area contributed by atoms with Gasteiger partial charge in [-0.3, -0.25) is 4.79 Å². The lowest BCUT2D eigenvalue weighted by Crippen LogP contribution is -2.30. The minimum Gasteiger partial charge on any atom is -0.364 e.